The highest BCUT2D eigenvalue weighted by Crippen LogP contribution is 2.11. The first-order chi connectivity index (χ1) is 6.52. The number of hydrogen-bond donors (Lipinski definition) is 0. The molecule has 14 heavy (non-hydrogen) atoms. The van der Waals surface area contributed by atoms with Gasteiger partial charge in [0.15, 0.2) is 0 Å². The summed E-state index contributed by atoms with van der Waals surface area (Å²) in [7, 11) is 0. The Kier molecular flexibility index (Phi) is 7.63. The van der Waals surface area contributed by atoms with E-state index in [1.807, 2.05) is 13.0 Å². The lowest BCUT2D eigenvalue weighted by Crippen LogP contribution is -1.98. The van der Waals surface area contributed by atoms with E-state index in [4.69, 9.17) is 27.9 Å². The Morgan fingerprint density at radius 2 is 1.93 bits per heavy atom. The van der Waals surface area contributed by atoms with Crippen LogP contribution in [0.1, 0.15) is 26.7 Å². The third-order valence-corrected chi connectivity index (χ3v) is 1.86. The van der Waals surface area contributed by atoms with Gasteiger partial charge in [-0.3, -0.25) is 4.79 Å². The normalized spacial score (nSPS) is 11.0. The van der Waals surface area contributed by atoms with Crippen LogP contribution in [0.2, 0.25) is 0 Å². The molecule has 2 nitrogen and oxygen atoms in total. The molecule has 80 valence electrons. The predicted molar refractivity (Wildman–Crippen MR) is 59.4 cm³/mol. The molecule has 4 heteroatoms. The largest absolute Gasteiger partial charge is 0.462 e. The number of halogens is 2. The zero-order valence-corrected chi connectivity index (χ0v) is 9.86. The van der Waals surface area contributed by atoms with Crippen molar-refractivity contribution in [3.05, 3.63) is 22.2 Å². The second-order valence-corrected chi connectivity index (χ2v) is 3.89. The first kappa shape index (κ1) is 13.5. The van der Waals surface area contributed by atoms with Crippen molar-refractivity contribution in [1.82, 2.24) is 0 Å². The van der Waals surface area contributed by atoms with Crippen LogP contribution >= 0.6 is 23.2 Å². The zero-order valence-electron chi connectivity index (χ0n) is 8.35. The molecule has 0 radical (unpaired) electrons. The van der Waals surface area contributed by atoms with E-state index >= 15 is 0 Å². The van der Waals surface area contributed by atoms with Gasteiger partial charge in [-0.25, -0.2) is 0 Å². The fraction of sp³-hybridized carbons (Fsp3) is 0.500. The van der Waals surface area contributed by atoms with Crippen LogP contribution < -0.4 is 0 Å². The number of hydrogen-bond acceptors (Lipinski definition) is 2. The fourth-order valence-corrected chi connectivity index (χ4v) is 1.03. The number of allylic oxidation sites excluding steroid dienone is 2. The van der Waals surface area contributed by atoms with Crippen LogP contribution in [0.15, 0.2) is 22.2 Å². The monoisotopic (exact) mass is 236 g/mol. The van der Waals surface area contributed by atoms with Crippen LogP contribution in [0.5, 0.6) is 0 Å². The van der Waals surface area contributed by atoms with Gasteiger partial charge in [-0.05, 0) is 25.8 Å². The molecule has 0 N–H and O–H groups in total. The van der Waals surface area contributed by atoms with E-state index < -0.39 is 0 Å². The van der Waals surface area contributed by atoms with Crippen LogP contribution in [0, 0.1) is 0 Å². The molecule has 0 aliphatic heterocycles. The summed E-state index contributed by atoms with van der Waals surface area (Å²) < 4.78 is 5.05. The number of carbonyl (C=O) groups excluding carboxylic acids is 1. The molecule has 0 unspecified atom stereocenters. The van der Waals surface area contributed by atoms with Crippen LogP contribution in [0.3, 0.4) is 0 Å². The molecule has 0 atom stereocenters. The lowest BCUT2D eigenvalue weighted by Gasteiger charge is -1.99. The maximum absolute atomic E-state index is 10.4. The van der Waals surface area contributed by atoms with Crippen molar-refractivity contribution in [1.29, 1.82) is 0 Å². The molecule has 0 aromatic carbocycles. The standard InChI is InChI=1S/C10H14Cl2O2/c1-8(4-3-5-10(11)12)6-7-14-9(2)13/h5-6H,3-4,7H2,1-2H3/b8-6+. The minimum Gasteiger partial charge on any atom is -0.462 e. The molecule has 0 saturated carbocycles. The van der Waals surface area contributed by atoms with E-state index in [2.05, 4.69) is 0 Å². The predicted octanol–water partition coefficient (Wildman–Crippen LogP) is 3.60. The number of rotatable bonds is 5. The van der Waals surface area contributed by atoms with Gasteiger partial charge in [0, 0.05) is 6.92 Å². The van der Waals surface area contributed by atoms with Gasteiger partial charge in [-0.1, -0.05) is 34.9 Å². The average Bonchev–Trinajstić information content (AvgIpc) is 2.02. The van der Waals surface area contributed by atoms with Crippen LogP contribution in [-0.4, -0.2) is 12.6 Å². The lowest BCUT2D eigenvalue weighted by molar-refractivity contribution is -0.139. The topological polar surface area (TPSA) is 26.3 Å². The maximum Gasteiger partial charge on any atom is 0.302 e. The molecule has 0 rings (SSSR count). The fourth-order valence-electron chi connectivity index (χ4n) is 0.812. The van der Waals surface area contributed by atoms with Gasteiger partial charge < -0.3 is 4.74 Å². The summed E-state index contributed by atoms with van der Waals surface area (Å²) >= 11 is 10.9. The molecular formula is C10H14Cl2O2. The van der Waals surface area contributed by atoms with Crippen molar-refractivity contribution in [2.75, 3.05) is 6.61 Å². The molecule has 0 aromatic rings. The molecule has 0 aliphatic carbocycles. The zero-order chi connectivity index (χ0) is 11.0. The molecule has 0 aliphatic rings. The first-order valence-electron chi connectivity index (χ1n) is 4.32. The van der Waals surface area contributed by atoms with Crippen LogP contribution in [0.4, 0.5) is 0 Å². The molecule has 0 saturated heterocycles. The SMILES string of the molecule is CC(=O)OC/C=C(\C)CCC=C(Cl)Cl. The Hall–Kier alpha value is -0.470. The summed E-state index contributed by atoms with van der Waals surface area (Å²) in [6.45, 7) is 3.69. The Labute approximate surface area is 94.5 Å². The summed E-state index contributed by atoms with van der Waals surface area (Å²) in [4.78, 5) is 10.4. The van der Waals surface area contributed by atoms with E-state index in [-0.39, 0.29) is 10.5 Å². The van der Waals surface area contributed by atoms with Crippen LogP contribution in [0.25, 0.3) is 0 Å². The van der Waals surface area contributed by atoms with Crippen molar-refractivity contribution >= 4 is 29.2 Å². The molecule has 0 spiro atoms. The highest BCUT2D eigenvalue weighted by atomic mass is 35.5. The molecule has 0 bridgehead atoms. The van der Waals surface area contributed by atoms with Crippen molar-refractivity contribution in [3.63, 3.8) is 0 Å². The van der Waals surface area contributed by atoms with Gasteiger partial charge in [0.2, 0.25) is 0 Å². The van der Waals surface area contributed by atoms with Gasteiger partial charge in [0.1, 0.15) is 11.1 Å². The van der Waals surface area contributed by atoms with Gasteiger partial charge >= 0.3 is 5.97 Å². The molecule has 0 fully saturated rings. The Morgan fingerprint density at radius 3 is 2.43 bits per heavy atom. The maximum atomic E-state index is 10.4. The smallest absolute Gasteiger partial charge is 0.302 e. The average molecular weight is 237 g/mol. The third-order valence-electron chi connectivity index (χ3n) is 1.56. The first-order valence-corrected chi connectivity index (χ1v) is 5.08. The quantitative estimate of drug-likeness (QED) is 0.539. The molecular weight excluding hydrogens is 223 g/mol. The van der Waals surface area contributed by atoms with Gasteiger partial charge in [0.25, 0.3) is 0 Å². The summed E-state index contributed by atoms with van der Waals surface area (Å²) in [5.74, 6) is -0.266. The second-order valence-electron chi connectivity index (χ2n) is 2.89. The van der Waals surface area contributed by atoms with E-state index in [0.29, 0.717) is 6.61 Å². The van der Waals surface area contributed by atoms with Crippen molar-refractivity contribution in [2.45, 2.75) is 26.7 Å². The second kappa shape index (κ2) is 7.89. The lowest BCUT2D eigenvalue weighted by atomic mass is 10.1. The summed E-state index contributed by atoms with van der Waals surface area (Å²) in [5, 5.41) is 0. The Morgan fingerprint density at radius 1 is 1.29 bits per heavy atom. The summed E-state index contributed by atoms with van der Waals surface area (Å²) in [5.41, 5.74) is 1.15. The van der Waals surface area contributed by atoms with Gasteiger partial charge in [-0.15, -0.1) is 0 Å². The van der Waals surface area contributed by atoms with E-state index in [9.17, 15) is 4.79 Å². The van der Waals surface area contributed by atoms with Gasteiger partial charge in [0.05, 0.1) is 0 Å². The number of carbonyl (C=O) groups is 1. The molecule has 0 amide bonds. The number of ether oxygens (including phenoxy) is 1. The van der Waals surface area contributed by atoms with Gasteiger partial charge in [-0.2, -0.15) is 0 Å². The summed E-state index contributed by atoms with van der Waals surface area (Å²) in [6, 6.07) is 0. The van der Waals surface area contributed by atoms with Crippen molar-refractivity contribution in [3.8, 4) is 0 Å². The van der Waals surface area contributed by atoms with E-state index in [1.54, 1.807) is 6.08 Å². The highest BCUT2D eigenvalue weighted by Gasteiger charge is 1.92. The minimum atomic E-state index is -0.266. The van der Waals surface area contributed by atoms with Crippen molar-refractivity contribution in [2.24, 2.45) is 0 Å². The molecule has 0 aromatic heterocycles. The number of esters is 1. The van der Waals surface area contributed by atoms with E-state index in [1.165, 1.54) is 6.92 Å². The van der Waals surface area contributed by atoms with Crippen molar-refractivity contribution < 1.29 is 9.53 Å². The Balaban J connectivity index is 3.67. The molecule has 0 heterocycles. The van der Waals surface area contributed by atoms with E-state index in [0.717, 1.165) is 18.4 Å². The minimum absolute atomic E-state index is 0.266. The summed E-state index contributed by atoms with van der Waals surface area (Å²) in [6.07, 6.45) is 5.28. The third kappa shape index (κ3) is 9.62. The highest BCUT2D eigenvalue weighted by molar-refractivity contribution is 6.55. The van der Waals surface area contributed by atoms with Crippen LogP contribution in [-0.2, 0) is 9.53 Å². The Bertz CT molecular complexity index is 241.